The first-order valence-electron chi connectivity index (χ1n) is 5.48. The highest BCUT2D eigenvalue weighted by Crippen LogP contribution is 2.15. The van der Waals surface area contributed by atoms with Crippen LogP contribution in [0.5, 0.6) is 0 Å². The van der Waals surface area contributed by atoms with E-state index in [1.807, 2.05) is 11.8 Å². The van der Waals surface area contributed by atoms with Crippen molar-refractivity contribution in [3.8, 4) is 0 Å². The van der Waals surface area contributed by atoms with E-state index < -0.39 is 0 Å². The molecule has 0 saturated carbocycles. The van der Waals surface area contributed by atoms with Crippen molar-refractivity contribution in [1.29, 1.82) is 0 Å². The Labute approximate surface area is 96.2 Å². The van der Waals surface area contributed by atoms with Gasteiger partial charge in [0, 0.05) is 12.7 Å². The van der Waals surface area contributed by atoms with Crippen molar-refractivity contribution in [3.05, 3.63) is 47.0 Å². The van der Waals surface area contributed by atoms with E-state index in [0.29, 0.717) is 0 Å². The van der Waals surface area contributed by atoms with Gasteiger partial charge in [-0.15, -0.1) is 11.8 Å². The van der Waals surface area contributed by atoms with Crippen LogP contribution in [-0.4, -0.2) is 17.3 Å². The zero-order chi connectivity index (χ0) is 10.5. The third-order valence-electron chi connectivity index (χ3n) is 2.73. The summed E-state index contributed by atoms with van der Waals surface area (Å²) in [6, 6.07) is 8.99. The normalized spacial score (nSPS) is 14.9. The van der Waals surface area contributed by atoms with E-state index >= 15 is 0 Å². The predicted octanol–water partition coefficient (Wildman–Crippen LogP) is 3.27. The zero-order valence-corrected chi connectivity index (χ0v) is 9.96. The number of benzene rings is 1. The summed E-state index contributed by atoms with van der Waals surface area (Å²) in [4.78, 5) is 2.36. The summed E-state index contributed by atoms with van der Waals surface area (Å²) in [5.41, 5.74) is 2.87. The second-order valence-electron chi connectivity index (χ2n) is 3.81. The minimum absolute atomic E-state index is 1.12. The van der Waals surface area contributed by atoms with Gasteiger partial charge in [0.1, 0.15) is 0 Å². The Morgan fingerprint density at radius 1 is 1.20 bits per heavy atom. The smallest absolute Gasteiger partial charge is 0.0675 e. The lowest BCUT2D eigenvalue weighted by Gasteiger charge is -2.14. The molecule has 0 aliphatic carbocycles. The fourth-order valence-electron chi connectivity index (χ4n) is 1.66. The molecule has 1 aromatic carbocycles. The fourth-order valence-corrected chi connectivity index (χ4v) is 2.42. The first-order chi connectivity index (χ1) is 7.38. The van der Waals surface area contributed by atoms with Gasteiger partial charge in [0.05, 0.1) is 5.88 Å². The van der Waals surface area contributed by atoms with Gasteiger partial charge in [-0.2, -0.15) is 0 Å². The lowest BCUT2D eigenvalue weighted by atomic mass is 10.1. The van der Waals surface area contributed by atoms with Crippen LogP contribution >= 0.6 is 11.8 Å². The SMILES string of the molecule is CCc1ccc(CCN2C=CSC2)cc1. The van der Waals surface area contributed by atoms with Crippen LogP contribution in [0.25, 0.3) is 0 Å². The van der Waals surface area contributed by atoms with Crippen LogP contribution in [0.2, 0.25) is 0 Å². The maximum atomic E-state index is 2.36. The van der Waals surface area contributed by atoms with Gasteiger partial charge >= 0.3 is 0 Å². The molecule has 0 saturated heterocycles. The number of hydrogen-bond acceptors (Lipinski definition) is 2. The molecule has 0 bridgehead atoms. The van der Waals surface area contributed by atoms with Crippen molar-refractivity contribution in [3.63, 3.8) is 0 Å². The third kappa shape index (κ3) is 3.03. The van der Waals surface area contributed by atoms with Crippen molar-refractivity contribution in [2.24, 2.45) is 0 Å². The molecule has 80 valence electrons. The molecule has 1 aliphatic rings. The van der Waals surface area contributed by atoms with Crippen molar-refractivity contribution >= 4 is 11.8 Å². The van der Waals surface area contributed by atoms with E-state index in [1.54, 1.807) is 0 Å². The van der Waals surface area contributed by atoms with E-state index in [-0.39, 0.29) is 0 Å². The Bertz CT molecular complexity index is 329. The fraction of sp³-hybridized carbons (Fsp3) is 0.385. The predicted molar refractivity (Wildman–Crippen MR) is 67.8 cm³/mol. The molecule has 15 heavy (non-hydrogen) atoms. The number of aryl methyl sites for hydroxylation is 1. The molecular formula is C13H17NS. The van der Waals surface area contributed by atoms with Crippen LogP contribution in [-0.2, 0) is 12.8 Å². The van der Waals surface area contributed by atoms with Crippen LogP contribution < -0.4 is 0 Å². The van der Waals surface area contributed by atoms with Crippen LogP contribution in [0, 0.1) is 0 Å². The minimum atomic E-state index is 1.12. The summed E-state index contributed by atoms with van der Waals surface area (Å²) in [6.45, 7) is 3.33. The third-order valence-corrected chi connectivity index (χ3v) is 3.52. The zero-order valence-electron chi connectivity index (χ0n) is 9.15. The van der Waals surface area contributed by atoms with Gasteiger partial charge in [0.15, 0.2) is 0 Å². The number of nitrogens with zero attached hydrogens (tertiary/aromatic N) is 1. The van der Waals surface area contributed by atoms with Crippen molar-refractivity contribution in [2.45, 2.75) is 19.8 Å². The van der Waals surface area contributed by atoms with Gasteiger partial charge < -0.3 is 4.90 Å². The lowest BCUT2D eigenvalue weighted by Crippen LogP contribution is -2.16. The molecule has 2 heteroatoms. The number of rotatable bonds is 4. The molecule has 0 fully saturated rings. The molecule has 0 atom stereocenters. The molecule has 2 rings (SSSR count). The molecule has 1 aromatic rings. The molecule has 0 unspecified atom stereocenters. The van der Waals surface area contributed by atoms with E-state index in [1.165, 1.54) is 11.1 Å². The van der Waals surface area contributed by atoms with Crippen molar-refractivity contribution in [1.82, 2.24) is 4.90 Å². The molecule has 1 nitrogen and oxygen atoms in total. The second kappa shape index (κ2) is 5.26. The van der Waals surface area contributed by atoms with Crippen LogP contribution in [0.4, 0.5) is 0 Å². The highest BCUT2D eigenvalue weighted by molar-refractivity contribution is 8.02. The largest absolute Gasteiger partial charge is 0.367 e. The van der Waals surface area contributed by atoms with E-state index in [4.69, 9.17) is 0 Å². The average Bonchev–Trinajstić information content (AvgIpc) is 2.80. The number of thioether (sulfide) groups is 1. The Kier molecular flexibility index (Phi) is 3.73. The summed E-state index contributed by atoms with van der Waals surface area (Å²) in [6.07, 6.45) is 4.46. The molecule has 0 spiro atoms. The van der Waals surface area contributed by atoms with Gasteiger partial charge in [0.25, 0.3) is 0 Å². The van der Waals surface area contributed by atoms with Gasteiger partial charge in [-0.1, -0.05) is 31.2 Å². The average molecular weight is 219 g/mol. The Morgan fingerprint density at radius 2 is 1.93 bits per heavy atom. The topological polar surface area (TPSA) is 3.24 Å². The van der Waals surface area contributed by atoms with E-state index in [2.05, 4.69) is 47.7 Å². The second-order valence-corrected chi connectivity index (χ2v) is 4.68. The molecule has 0 radical (unpaired) electrons. The highest BCUT2D eigenvalue weighted by Gasteiger charge is 2.04. The van der Waals surface area contributed by atoms with E-state index in [9.17, 15) is 0 Å². The number of hydrogen-bond donors (Lipinski definition) is 0. The summed E-state index contributed by atoms with van der Waals surface area (Å²) in [5.74, 6) is 1.12. The standard InChI is InChI=1S/C13H17NS/c1-2-12-3-5-13(6-4-12)7-8-14-9-10-15-11-14/h3-6,9-10H,2,7-8,11H2,1H3. The summed E-state index contributed by atoms with van der Waals surface area (Å²) in [7, 11) is 0. The Hall–Kier alpha value is -0.890. The maximum absolute atomic E-state index is 2.36. The molecule has 1 heterocycles. The van der Waals surface area contributed by atoms with Gasteiger partial charge in [-0.3, -0.25) is 0 Å². The minimum Gasteiger partial charge on any atom is -0.367 e. The van der Waals surface area contributed by atoms with E-state index in [0.717, 1.165) is 25.3 Å². The molecular weight excluding hydrogens is 202 g/mol. The summed E-state index contributed by atoms with van der Waals surface area (Å²) in [5, 5.41) is 2.17. The molecule has 1 aliphatic heterocycles. The monoisotopic (exact) mass is 219 g/mol. The van der Waals surface area contributed by atoms with Gasteiger partial charge in [0.2, 0.25) is 0 Å². The van der Waals surface area contributed by atoms with Gasteiger partial charge in [-0.25, -0.2) is 0 Å². The van der Waals surface area contributed by atoms with Crippen LogP contribution in [0.3, 0.4) is 0 Å². The Balaban J connectivity index is 1.85. The first-order valence-corrected chi connectivity index (χ1v) is 6.53. The van der Waals surface area contributed by atoms with Gasteiger partial charge in [-0.05, 0) is 29.4 Å². The lowest BCUT2D eigenvalue weighted by molar-refractivity contribution is 0.451. The van der Waals surface area contributed by atoms with Crippen LogP contribution in [0.15, 0.2) is 35.9 Å². The van der Waals surface area contributed by atoms with Crippen LogP contribution in [0.1, 0.15) is 18.1 Å². The first kappa shape index (κ1) is 10.6. The quantitative estimate of drug-likeness (QED) is 0.764. The highest BCUT2D eigenvalue weighted by atomic mass is 32.2. The molecule has 0 N–H and O–H groups in total. The molecule has 0 amide bonds. The molecule has 0 aromatic heterocycles. The maximum Gasteiger partial charge on any atom is 0.0675 e. The summed E-state index contributed by atoms with van der Waals surface area (Å²) >= 11 is 1.87. The summed E-state index contributed by atoms with van der Waals surface area (Å²) < 4.78 is 0. The van der Waals surface area contributed by atoms with Crippen molar-refractivity contribution in [2.75, 3.05) is 12.4 Å². The van der Waals surface area contributed by atoms with Crippen molar-refractivity contribution < 1.29 is 0 Å². The Morgan fingerprint density at radius 3 is 2.53 bits per heavy atom.